The lowest BCUT2D eigenvalue weighted by molar-refractivity contribution is 0.116. The second kappa shape index (κ2) is 5.78. The van der Waals surface area contributed by atoms with E-state index in [0.717, 1.165) is 29.6 Å². The van der Waals surface area contributed by atoms with E-state index >= 15 is 0 Å². The van der Waals surface area contributed by atoms with Crippen LogP contribution in [0.3, 0.4) is 0 Å². The fourth-order valence-corrected chi connectivity index (χ4v) is 3.73. The minimum absolute atomic E-state index is 0.812. The van der Waals surface area contributed by atoms with Crippen LogP contribution in [0.4, 0.5) is 0 Å². The molecule has 4 nitrogen and oxygen atoms in total. The number of para-hydroxylation sites is 2. The Morgan fingerprint density at radius 2 is 1.81 bits per heavy atom. The van der Waals surface area contributed by atoms with Crippen LogP contribution in [-0.4, -0.2) is 47.0 Å². The summed E-state index contributed by atoms with van der Waals surface area (Å²) in [5.74, 6) is 0.857. The van der Waals surface area contributed by atoms with Gasteiger partial charge in [-0.05, 0) is 50.9 Å². The molecule has 0 atom stereocenters. The van der Waals surface area contributed by atoms with Gasteiger partial charge >= 0.3 is 0 Å². The first-order chi connectivity index (χ1) is 10.4. The van der Waals surface area contributed by atoms with E-state index in [1.54, 1.807) is 0 Å². The Hall–Kier alpha value is -1.39. The van der Waals surface area contributed by atoms with Crippen molar-refractivity contribution in [3.8, 4) is 0 Å². The highest BCUT2D eigenvalue weighted by atomic mass is 16.3. The Balaban J connectivity index is 1.35. The number of aromatic nitrogens is 1. The van der Waals surface area contributed by atoms with Gasteiger partial charge in [0.1, 0.15) is 5.52 Å². The van der Waals surface area contributed by atoms with E-state index in [2.05, 4.69) is 14.8 Å². The Bertz CT molecular complexity index is 562. The van der Waals surface area contributed by atoms with E-state index in [0.29, 0.717) is 0 Å². The first-order valence-corrected chi connectivity index (χ1v) is 8.19. The second-order valence-corrected chi connectivity index (χ2v) is 6.33. The van der Waals surface area contributed by atoms with Crippen LogP contribution >= 0.6 is 0 Å². The van der Waals surface area contributed by atoms with E-state index in [4.69, 9.17) is 4.42 Å². The lowest BCUT2D eigenvalue weighted by Gasteiger charge is -2.36. The Labute approximate surface area is 125 Å². The fraction of sp³-hybridized carbons (Fsp3) is 0.588. The van der Waals surface area contributed by atoms with Gasteiger partial charge in [0.25, 0.3) is 0 Å². The number of likely N-dealkylation sites (tertiary alicyclic amines) is 2. The van der Waals surface area contributed by atoms with Gasteiger partial charge in [-0.15, -0.1) is 0 Å². The maximum Gasteiger partial charge on any atom is 0.209 e. The molecule has 4 rings (SSSR count). The number of rotatable bonds is 3. The SMILES string of the molecule is c1ccc2oc(CN3CCC(N4CCCC4)CC3)nc2c1. The average molecular weight is 285 g/mol. The number of oxazole rings is 1. The number of nitrogens with zero attached hydrogens (tertiary/aromatic N) is 3. The minimum atomic E-state index is 0.812. The fourth-order valence-electron chi connectivity index (χ4n) is 3.73. The summed E-state index contributed by atoms with van der Waals surface area (Å²) in [5.41, 5.74) is 1.87. The molecule has 3 heterocycles. The number of fused-ring (bicyclic) bond motifs is 1. The van der Waals surface area contributed by atoms with Crippen molar-refractivity contribution in [3.05, 3.63) is 30.2 Å². The van der Waals surface area contributed by atoms with Crippen molar-refractivity contribution in [1.29, 1.82) is 0 Å². The number of piperidine rings is 1. The van der Waals surface area contributed by atoms with Crippen molar-refractivity contribution in [1.82, 2.24) is 14.8 Å². The zero-order chi connectivity index (χ0) is 14.1. The summed E-state index contributed by atoms with van der Waals surface area (Å²) in [6.45, 7) is 5.81. The summed E-state index contributed by atoms with van der Waals surface area (Å²) in [5, 5.41) is 0. The van der Waals surface area contributed by atoms with Gasteiger partial charge in [-0.25, -0.2) is 4.98 Å². The standard InChI is InChI=1S/C17H23N3O/c1-2-6-16-15(5-1)18-17(21-16)13-19-11-7-14(8-12-19)20-9-3-4-10-20/h1-2,5-6,14H,3-4,7-13H2. The number of hydrogen-bond acceptors (Lipinski definition) is 4. The molecular weight excluding hydrogens is 262 g/mol. The molecule has 0 N–H and O–H groups in total. The van der Waals surface area contributed by atoms with Crippen LogP contribution in [0.5, 0.6) is 0 Å². The topological polar surface area (TPSA) is 32.5 Å². The molecule has 0 bridgehead atoms. The highest BCUT2D eigenvalue weighted by Crippen LogP contribution is 2.23. The molecule has 21 heavy (non-hydrogen) atoms. The van der Waals surface area contributed by atoms with Crippen molar-refractivity contribution in [2.45, 2.75) is 38.3 Å². The number of hydrogen-bond donors (Lipinski definition) is 0. The summed E-state index contributed by atoms with van der Waals surface area (Å²) < 4.78 is 5.83. The molecule has 2 fully saturated rings. The molecule has 0 amide bonds. The maximum absolute atomic E-state index is 5.83. The molecule has 0 spiro atoms. The molecule has 2 saturated heterocycles. The normalized spacial score (nSPS) is 22.3. The molecular formula is C17H23N3O. The number of benzene rings is 1. The largest absolute Gasteiger partial charge is 0.439 e. The zero-order valence-electron chi connectivity index (χ0n) is 12.5. The third kappa shape index (κ3) is 2.83. The van der Waals surface area contributed by atoms with Crippen LogP contribution in [0, 0.1) is 0 Å². The van der Waals surface area contributed by atoms with Crippen molar-refractivity contribution in [2.24, 2.45) is 0 Å². The van der Waals surface area contributed by atoms with Crippen molar-refractivity contribution in [3.63, 3.8) is 0 Å². The molecule has 2 aliphatic rings. The molecule has 2 aromatic rings. The first-order valence-electron chi connectivity index (χ1n) is 8.19. The van der Waals surface area contributed by atoms with Gasteiger partial charge in [0.15, 0.2) is 5.58 Å². The van der Waals surface area contributed by atoms with E-state index in [1.165, 1.54) is 51.9 Å². The van der Waals surface area contributed by atoms with Gasteiger partial charge < -0.3 is 9.32 Å². The smallest absolute Gasteiger partial charge is 0.209 e. The van der Waals surface area contributed by atoms with E-state index in [1.807, 2.05) is 24.3 Å². The van der Waals surface area contributed by atoms with Gasteiger partial charge in [0.05, 0.1) is 6.54 Å². The van der Waals surface area contributed by atoms with Crippen LogP contribution in [0.1, 0.15) is 31.6 Å². The van der Waals surface area contributed by atoms with Crippen LogP contribution in [0.15, 0.2) is 28.7 Å². The van der Waals surface area contributed by atoms with Gasteiger partial charge in [-0.1, -0.05) is 12.1 Å². The molecule has 0 unspecified atom stereocenters. The first kappa shape index (κ1) is 13.3. The second-order valence-electron chi connectivity index (χ2n) is 6.33. The maximum atomic E-state index is 5.83. The lowest BCUT2D eigenvalue weighted by Crippen LogP contribution is -2.43. The Morgan fingerprint density at radius 1 is 1.05 bits per heavy atom. The summed E-state index contributed by atoms with van der Waals surface area (Å²) in [6.07, 6.45) is 5.37. The lowest BCUT2D eigenvalue weighted by atomic mass is 10.0. The van der Waals surface area contributed by atoms with Gasteiger partial charge in [0.2, 0.25) is 5.89 Å². The molecule has 2 aliphatic heterocycles. The molecule has 1 aromatic carbocycles. The van der Waals surface area contributed by atoms with Crippen LogP contribution in [0.25, 0.3) is 11.1 Å². The average Bonchev–Trinajstić information content (AvgIpc) is 3.17. The van der Waals surface area contributed by atoms with E-state index in [9.17, 15) is 0 Å². The van der Waals surface area contributed by atoms with Gasteiger partial charge in [-0.3, -0.25) is 4.90 Å². The predicted octanol–water partition coefficient (Wildman–Crippen LogP) is 2.89. The molecule has 0 radical (unpaired) electrons. The molecule has 1 aromatic heterocycles. The van der Waals surface area contributed by atoms with Crippen LogP contribution in [0.2, 0.25) is 0 Å². The van der Waals surface area contributed by atoms with Gasteiger partial charge in [-0.2, -0.15) is 0 Å². The summed E-state index contributed by atoms with van der Waals surface area (Å²) in [4.78, 5) is 9.76. The minimum Gasteiger partial charge on any atom is -0.439 e. The Kier molecular flexibility index (Phi) is 3.65. The van der Waals surface area contributed by atoms with Crippen molar-refractivity contribution in [2.75, 3.05) is 26.2 Å². The van der Waals surface area contributed by atoms with Gasteiger partial charge in [0, 0.05) is 19.1 Å². The van der Waals surface area contributed by atoms with E-state index < -0.39 is 0 Å². The summed E-state index contributed by atoms with van der Waals surface area (Å²) in [6, 6.07) is 8.83. The van der Waals surface area contributed by atoms with Crippen molar-refractivity contribution >= 4 is 11.1 Å². The monoisotopic (exact) mass is 285 g/mol. The summed E-state index contributed by atoms with van der Waals surface area (Å²) >= 11 is 0. The molecule has 4 heteroatoms. The molecule has 0 saturated carbocycles. The molecule has 0 aliphatic carbocycles. The van der Waals surface area contributed by atoms with Crippen LogP contribution < -0.4 is 0 Å². The quantitative estimate of drug-likeness (QED) is 0.868. The summed E-state index contributed by atoms with van der Waals surface area (Å²) in [7, 11) is 0. The third-order valence-electron chi connectivity index (χ3n) is 4.91. The van der Waals surface area contributed by atoms with E-state index in [-0.39, 0.29) is 0 Å². The van der Waals surface area contributed by atoms with Crippen LogP contribution in [-0.2, 0) is 6.54 Å². The third-order valence-corrected chi connectivity index (χ3v) is 4.91. The molecule has 112 valence electrons. The highest BCUT2D eigenvalue weighted by Gasteiger charge is 2.26. The predicted molar refractivity (Wildman–Crippen MR) is 83.1 cm³/mol. The zero-order valence-corrected chi connectivity index (χ0v) is 12.5. The van der Waals surface area contributed by atoms with Crippen molar-refractivity contribution < 1.29 is 4.42 Å². The highest BCUT2D eigenvalue weighted by molar-refractivity contribution is 5.72. The Morgan fingerprint density at radius 3 is 2.57 bits per heavy atom.